The molecule has 1 aromatic heterocycles. The van der Waals surface area contributed by atoms with E-state index in [-0.39, 0.29) is 0 Å². The van der Waals surface area contributed by atoms with Gasteiger partial charge >= 0.3 is 0 Å². The molecule has 0 N–H and O–H groups in total. The Labute approximate surface area is 110 Å². The molecule has 91 valence electrons. The fourth-order valence-corrected chi connectivity index (χ4v) is 2.47. The molecule has 0 unspecified atom stereocenters. The summed E-state index contributed by atoms with van der Waals surface area (Å²) in [7, 11) is 6.18. The van der Waals surface area contributed by atoms with Crippen molar-refractivity contribution in [1.82, 2.24) is 4.57 Å². The molecule has 3 heteroatoms. The summed E-state index contributed by atoms with van der Waals surface area (Å²) in [5.41, 5.74) is 5.64. The maximum atomic E-state index is 6.18. The first-order chi connectivity index (χ1) is 8.54. The molecule has 0 spiro atoms. The third-order valence-corrected chi connectivity index (χ3v) is 3.14. The molecule has 1 aromatic carbocycles. The lowest BCUT2D eigenvalue weighted by Crippen LogP contribution is -2.49. The van der Waals surface area contributed by atoms with Crippen LogP contribution in [0.25, 0.3) is 5.69 Å². The van der Waals surface area contributed by atoms with Gasteiger partial charge in [0.1, 0.15) is 24.6 Å². The number of benzene rings is 1. The number of allylic oxidation sites excluding steroid dienone is 1. The molecule has 2 nitrogen and oxygen atoms in total. The highest BCUT2D eigenvalue weighted by atomic mass is 15.1. The predicted octanol–water partition coefficient (Wildman–Crippen LogP) is 1.67. The van der Waals surface area contributed by atoms with Crippen LogP contribution >= 0.6 is 0 Å². The molecule has 0 aliphatic rings. The standard InChI is InChI=1S/C15H18BN2/c1-5-6-17-7-8-18(15(17)16)14-12(3)9-11(2)10-13(14)4/h5,7-10H,1,6H2,2-4H3. The lowest BCUT2D eigenvalue weighted by atomic mass is 10.0. The van der Waals surface area contributed by atoms with E-state index >= 15 is 0 Å². The minimum Gasteiger partial charge on any atom is -0.458 e. The van der Waals surface area contributed by atoms with Gasteiger partial charge in [-0.1, -0.05) is 30.4 Å². The molecule has 18 heavy (non-hydrogen) atoms. The van der Waals surface area contributed by atoms with Crippen LogP contribution < -0.4 is 10.3 Å². The maximum absolute atomic E-state index is 6.18. The molecule has 2 aromatic rings. The minimum absolute atomic E-state index is 0.725. The summed E-state index contributed by atoms with van der Waals surface area (Å²) in [5, 5.41) is 0. The topological polar surface area (TPSA) is 8.81 Å². The Bertz CT molecular complexity index is 574. The summed E-state index contributed by atoms with van der Waals surface area (Å²) >= 11 is 0. The van der Waals surface area contributed by atoms with E-state index in [1.54, 1.807) is 0 Å². The Hall–Kier alpha value is -1.77. The van der Waals surface area contributed by atoms with Crippen LogP contribution in [-0.4, -0.2) is 12.4 Å². The molecule has 1 heterocycles. The number of hydrogen-bond acceptors (Lipinski definition) is 0. The lowest BCUT2D eigenvalue weighted by molar-refractivity contribution is -0.668. The fourth-order valence-electron chi connectivity index (χ4n) is 2.47. The molecule has 0 aliphatic carbocycles. The van der Waals surface area contributed by atoms with E-state index in [1.807, 2.05) is 27.6 Å². The fraction of sp³-hybridized carbons (Fsp3) is 0.267. The SMILES string of the molecule is [B-]c1n(-c2c(C)cc(C)cc2C)cc[n+]1CC=C. The Morgan fingerprint density at radius 3 is 2.44 bits per heavy atom. The summed E-state index contributed by atoms with van der Waals surface area (Å²) in [6.45, 7) is 10.8. The van der Waals surface area contributed by atoms with Gasteiger partial charge in [-0.3, -0.25) is 4.57 Å². The van der Waals surface area contributed by atoms with Crippen molar-refractivity contribution in [3.05, 3.63) is 53.9 Å². The first-order valence-electron chi connectivity index (χ1n) is 6.10. The summed E-state index contributed by atoms with van der Waals surface area (Å²) < 4.78 is 4.01. The van der Waals surface area contributed by atoms with E-state index < -0.39 is 0 Å². The van der Waals surface area contributed by atoms with Crippen molar-refractivity contribution < 1.29 is 4.57 Å². The third kappa shape index (κ3) is 2.13. The summed E-state index contributed by atoms with van der Waals surface area (Å²) in [6.07, 6.45) is 5.83. The van der Waals surface area contributed by atoms with Gasteiger partial charge in [0, 0.05) is 0 Å². The van der Waals surface area contributed by atoms with E-state index in [4.69, 9.17) is 7.85 Å². The van der Waals surface area contributed by atoms with Crippen molar-refractivity contribution in [3.63, 3.8) is 0 Å². The zero-order valence-electron chi connectivity index (χ0n) is 11.3. The molecular weight excluding hydrogens is 219 g/mol. The molecule has 0 aliphatic heterocycles. The van der Waals surface area contributed by atoms with Crippen molar-refractivity contribution in [2.24, 2.45) is 0 Å². The molecule has 0 fully saturated rings. The van der Waals surface area contributed by atoms with Crippen LogP contribution in [0.5, 0.6) is 0 Å². The second kappa shape index (κ2) is 4.85. The highest BCUT2D eigenvalue weighted by Gasteiger charge is 2.12. The Kier molecular flexibility index (Phi) is 3.42. The normalized spacial score (nSPS) is 10.7. The average molecular weight is 237 g/mol. The van der Waals surface area contributed by atoms with Gasteiger partial charge in [0.2, 0.25) is 0 Å². The van der Waals surface area contributed by atoms with Crippen LogP contribution in [0.3, 0.4) is 0 Å². The van der Waals surface area contributed by atoms with Crippen LogP contribution in [0.15, 0.2) is 37.2 Å². The molecule has 0 bridgehead atoms. The van der Waals surface area contributed by atoms with Gasteiger partial charge in [-0.2, -0.15) is 0 Å². The average Bonchev–Trinajstić information content (AvgIpc) is 2.61. The van der Waals surface area contributed by atoms with E-state index in [0.717, 1.165) is 12.3 Å². The van der Waals surface area contributed by atoms with E-state index in [0.29, 0.717) is 0 Å². The highest BCUT2D eigenvalue weighted by molar-refractivity contribution is 6.28. The minimum atomic E-state index is 0.725. The van der Waals surface area contributed by atoms with Crippen LogP contribution in [0, 0.1) is 20.8 Å². The van der Waals surface area contributed by atoms with Gasteiger partial charge < -0.3 is 7.85 Å². The van der Waals surface area contributed by atoms with Gasteiger partial charge in [-0.05, 0) is 37.6 Å². The molecule has 0 amide bonds. The number of rotatable bonds is 3. The summed E-state index contributed by atoms with van der Waals surface area (Å²) in [5.74, 6) is 0. The van der Waals surface area contributed by atoms with Crippen LogP contribution in [0.1, 0.15) is 16.7 Å². The molecule has 3 radical (unpaired) electrons. The monoisotopic (exact) mass is 237 g/mol. The lowest BCUT2D eigenvalue weighted by Gasteiger charge is -2.14. The van der Waals surface area contributed by atoms with Crippen LogP contribution in [-0.2, 0) is 6.54 Å². The van der Waals surface area contributed by atoms with Gasteiger partial charge in [-0.25, -0.2) is 4.57 Å². The van der Waals surface area contributed by atoms with Crippen LogP contribution in [0.4, 0.5) is 0 Å². The Morgan fingerprint density at radius 1 is 1.28 bits per heavy atom. The quantitative estimate of drug-likeness (QED) is 0.436. The first-order valence-corrected chi connectivity index (χ1v) is 6.10. The molecule has 0 atom stereocenters. The molecular formula is C15H18BN2. The molecule has 0 saturated heterocycles. The third-order valence-electron chi connectivity index (χ3n) is 3.14. The van der Waals surface area contributed by atoms with Crippen molar-refractivity contribution >= 4 is 13.6 Å². The zero-order chi connectivity index (χ0) is 13.3. The number of imidazole rings is 1. The van der Waals surface area contributed by atoms with E-state index in [1.165, 1.54) is 22.4 Å². The van der Waals surface area contributed by atoms with Crippen molar-refractivity contribution in [2.75, 3.05) is 0 Å². The zero-order valence-corrected chi connectivity index (χ0v) is 11.3. The van der Waals surface area contributed by atoms with Crippen molar-refractivity contribution in [3.8, 4) is 5.69 Å². The van der Waals surface area contributed by atoms with Gasteiger partial charge in [0.15, 0.2) is 0 Å². The van der Waals surface area contributed by atoms with Gasteiger partial charge in [-0.15, -0.1) is 0 Å². The highest BCUT2D eigenvalue weighted by Crippen LogP contribution is 2.19. The largest absolute Gasteiger partial charge is 0.458 e. The van der Waals surface area contributed by atoms with Gasteiger partial charge in [0.25, 0.3) is 0 Å². The Morgan fingerprint density at radius 2 is 1.89 bits per heavy atom. The maximum Gasteiger partial charge on any atom is 0.134 e. The molecule has 2 rings (SSSR count). The number of aromatic nitrogens is 2. The van der Waals surface area contributed by atoms with Crippen LogP contribution in [0.2, 0.25) is 0 Å². The predicted molar refractivity (Wildman–Crippen MR) is 75.8 cm³/mol. The summed E-state index contributed by atoms with van der Waals surface area (Å²) in [6, 6.07) is 4.36. The van der Waals surface area contributed by atoms with E-state index in [2.05, 4.69) is 39.5 Å². The summed E-state index contributed by atoms with van der Waals surface area (Å²) in [4.78, 5) is 0. The Balaban J connectivity index is 2.59. The number of aryl methyl sites for hydroxylation is 3. The molecule has 0 saturated carbocycles. The smallest absolute Gasteiger partial charge is 0.134 e. The second-order valence-corrected chi connectivity index (χ2v) is 4.71. The second-order valence-electron chi connectivity index (χ2n) is 4.71. The van der Waals surface area contributed by atoms with Gasteiger partial charge in [0.05, 0.1) is 0 Å². The van der Waals surface area contributed by atoms with E-state index in [9.17, 15) is 0 Å². The first kappa shape index (κ1) is 12.7. The number of hydrogen-bond donors (Lipinski definition) is 0. The number of nitrogens with zero attached hydrogens (tertiary/aromatic N) is 2. The van der Waals surface area contributed by atoms with Crippen molar-refractivity contribution in [2.45, 2.75) is 27.3 Å². The van der Waals surface area contributed by atoms with Crippen molar-refractivity contribution in [1.29, 1.82) is 0 Å².